The van der Waals surface area contributed by atoms with Gasteiger partial charge in [-0.25, -0.2) is 12.8 Å². The van der Waals surface area contributed by atoms with E-state index in [2.05, 4.69) is 5.32 Å². The van der Waals surface area contributed by atoms with E-state index in [1.807, 2.05) is 48.5 Å². The molecule has 32 heavy (non-hydrogen) atoms. The molecular formula is C24H24FN3O3S. The van der Waals surface area contributed by atoms with E-state index in [1.165, 1.54) is 16.4 Å². The van der Waals surface area contributed by atoms with Crippen molar-refractivity contribution in [1.29, 1.82) is 0 Å². The number of carbonyl (C=O) groups excluding carboxylic acids is 1. The van der Waals surface area contributed by atoms with Gasteiger partial charge in [0.15, 0.2) is 0 Å². The summed E-state index contributed by atoms with van der Waals surface area (Å²) in [6, 6.07) is 19.2. The molecule has 8 heteroatoms. The number of nitrogen functional groups attached to an aromatic ring is 1. The van der Waals surface area contributed by atoms with Crippen molar-refractivity contribution in [2.45, 2.75) is 30.3 Å². The molecule has 1 saturated heterocycles. The molecular weight excluding hydrogens is 429 g/mol. The van der Waals surface area contributed by atoms with Crippen LogP contribution in [0.3, 0.4) is 0 Å². The largest absolute Gasteiger partial charge is 0.399 e. The van der Waals surface area contributed by atoms with Crippen LogP contribution in [0, 0.1) is 5.82 Å². The molecule has 1 atom stereocenters. The molecule has 0 aromatic heterocycles. The van der Waals surface area contributed by atoms with Crippen molar-refractivity contribution < 1.29 is 17.6 Å². The number of rotatable bonds is 6. The maximum absolute atomic E-state index is 13.2. The molecule has 1 aliphatic heterocycles. The standard InChI is InChI=1S/C24H24FN3O3S/c25-20-8-12-22(13-9-20)32(30,31)28-14-2-5-23(28)24(29)27-16-17-3-1-4-19(15-17)18-6-10-21(26)11-7-18/h1,3-4,6-13,15,23H,2,5,14,16,26H2,(H,27,29). The van der Waals surface area contributed by atoms with Crippen molar-refractivity contribution in [2.24, 2.45) is 0 Å². The second-order valence-corrected chi connectivity index (χ2v) is 9.66. The number of carbonyl (C=O) groups is 1. The van der Waals surface area contributed by atoms with E-state index in [1.54, 1.807) is 0 Å². The average molecular weight is 454 g/mol. The van der Waals surface area contributed by atoms with Gasteiger partial charge in [0.05, 0.1) is 4.90 Å². The van der Waals surface area contributed by atoms with Crippen LogP contribution in [-0.4, -0.2) is 31.2 Å². The van der Waals surface area contributed by atoms with Crippen LogP contribution in [0.2, 0.25) is 0 Å². The Balaban J connectivity index is 1.45. The van der Waals surface area contributed by atoms with Crippen molar-refractivity contribution in [1.82, 2.24) is 9.62 Å². The number of hydrogen-bond donors (Lipinski definition) is 2. The molecule has 3 aromatic rings. The first-order valence-corrected chi connectivity index (χ1v) is 11.8. The highest BCUT2D eigenvalue weighted by Crippen LogP contribution is 2.27. The predicted molar refractivity (Wildman–Crippen MR) is 121 cm³/mol. The summed E-state index contributed by atoms with van der Waals surface area (Å²) in [7, 11) is -3.88. The predicted octanol–water partition coefficient (Wildman–Crippen LogP) is 3.54. The Morgan fingerprint density at radius 3 is 2.47 bits per heavy atom. The lowest BCUT2D eigenvalue weighted by Crippen LogP contribution is -2.45. The normalized spacial score (nSPS) is 16.7. The highest BCUT2D eigenvalue weighted by Gasteiger charge is 2.39. The Labute approximate surface area is 186 Å². The number of nitrogens with one attached hydrogen (secondary N) is 1. The molecule has 166 valence electrons. The molecule has 6 nitrogen and oxygen atoms in total. The number of hydrogen-bond acceptors (Lipinski definition) is 4. The SMILES string of the molecule is Nc1ccc(-c2cccc(CNC(=O)C3CCCN3S(=O)(=O)c3ccc(F)cc3)c2)cc1. The summed E-state index contributed by atoms with van der Waals surface area (Å²) in [5.41, 5.74) is 9.35. The summed E-state index contributed by atoms with van der Waals surface area (Å²) in [5.74, 6) is -0.855. The number of anilines is 1. The number of nitrogens with two attached hydrogens (primary N) is 1. The molecule has 1 unspecified atom stereocenters. The van der Waals surface area contributed by atoms with E-state index in [9.17, 15) is 17.6 Å². The Morgan fingerprint density at radius 1 is 1.03 bits per heavy atom. The third-order valence-electron chi connectivity index (χ3n) is 5.56. The van der Waals surface area contributed by atoms with Crippen molar-refractivity contribution >= 4 is 21.6 Å². The van der Waals surface area contributed by atoms with Gasteiger partial charge in [-0.05, 0) is 72.0 Å². The molecule has 0 spiro atoms. The maximum Gasteiger partial charge on any atom is 0.243 e. The Kier molecular flexibility index (Phi) is 6.25. The van der Waals surface area contributed by atoms with Gasteiger partial charge in [-0.1, -0.05) is 30.3 Å². The van der Waals surface area contributed by atoms with Crippen LogP contribution in [0.25, 0.3) is 11.1 Å². The zero-order valence-corrected chi connectivity index (χ0v) is 18.2. The lowest BCUT2D eigenvalue weighted by atomic mass is 10.0. The number of halogens is 1. The fourth-order valence-corrected chi connectivity index (χ4v) is 5.53. The number of nitrogens with zero attached hydrogens (tertiary/aromatic N) is 1. The van der Waals surface area contributed by atoms with Crippen LogP contribution >= 0.6 is 0 Å². The summed E-state index contributed by atoms with van der Waals surface area (Å²) in [5, 5.41) is 2.87. The van der Waals surface area contributed by atoms with Gasteiger partial charge < -0.3 is 11.1 Å². The van der Waals surface area contributed by atoms with Crippen LogP contribution in [-0.2, 0) is 21.4 Å². The molecule has 4 rings (SSSR count). The van der Waals surface area contributed by atoms with E-state index in [4.69, 9.17) is 5.73 Å². The van der Waals surface area contributed by atoms with Crippen molar-refractivity contribution in [3.05, 3.63) is 84.2 Å². The summed E-state index contributed by atoms with van der Waals surface area (Å²) < 4.78 is 40.4. The second-order valence-electron chi connectivity index (χ2n) is 7.77. The van der Waals surface area contributed by atoms with E-state index in [-0.39, 0.29) is 23.9 Å². The van der Waals surface area contributed by atoms with Gasteiger partial charge in [0, 0.05) is 18.8 Å². The van der Waals surface area contributed by atoms with Crippen molar-refractivity contribution in [3.8, 4) is 11.1 Å². The Bertz CT molecular complexity index is 1210. The van der Waals surface area contributed by atoms with Gasteiger partial charge in [0.2, 0.25) is 15.9 Å². The zero-order valence-electron chi connectivity index (χ0n) is 17.4. The van der Waals surface area contributed by atoms with Gasteiger partial charge in [0.25, 0.3) is 0 Å². The monoisotopic (exact) mass is 453 g/mol. The fraction of sp³-hybridized carbons (Fsp3) is 0.208. The molecule has 1 fully saturated rings. The van der Waals surface area contributed by atoms with Crippen molar-refractivity contribution in [2.75, 3.05) is 12.3 Å². The molecule has 1 heterocycles. The summed E-state index contributed by atoms with van der Waals surface area (Å²) in [6.45, 7) is 0.535. The van der Waals surface area contributed by atoms with Gasteiger partial charge in [0.1, 0.15) is 11.9 Å². The minimum atomic E-state index is -3.88. The first kappa shape index (κ1) is 22.0. The van der Waals surface area contributed by atoms with Gasteiger partial charge in [-0.3, -0.25) is 4.79 Å². The third kappa shape index (κ3) is 4.66. The number of sulfonamides is 1. The molecule has 1 aliphatic rings. The Morgan fingerprint density at radius 2 is 1.75 bits per heavy atom. The highest BCUT2D eigenvalue weighted by atomic mass is 32.2. The highest BCUT2D eigenvalue weighted by molar-refractivity contribution is 7.89. The molecule has 0 radical (unpaired) electrons. The summed E-state index contributed by atoms with van der Waals surface area (Å²) >= 11 is 0. The van der Waals surface area contributed by atoms with E-state index in [0.29, 0.717) is 18.5 Å². The lowest BCUT2D eigenvalue weighted by molar-refractivity contribution is -0.124. The van der Waals surface area contributed by atoms with Crippen LogP contribution in [0.5, 0.6) is 0 Å². The third-order valence-corrected chi connectivity index (χ3v) is 7.49. The molecule has 3 aromatic carbocycles. The first-order valence-electron chi connectivity index (χ1n) is 10.3. The summed E-state index contributed by atoms with van der Waals surface area (Å²) in [4.78, 5) is 12.8. The van der Waals surface area contributed by atoms with Crippen LogP contribution < -0.4 is 11.1 Å². The van der Waals surface area contributed by atoms with Gasteiger partial charge in [-0.2, -0.15) is 4.31 Å². The van der Waals surface area contributed by atoms with Gasteiger partial charge in [-0.15, -0.1) is 0 Å². The zero-order chi connectivity index (χ0) is 22.7. The minimum absolute atomic E-state index is 0.0187. The molecule has 3 N–H and O–H groups in total. The van der Waals surface area contributed by atoms with Crippen molar-refractivity contribution in [3.63, 3.8) is 0 Å². The van der Waals surface area contributed by atoms with Crippen LogP contribution in [0.1, 0.15) is 18.4 Å². The lowest BCUT2D eigenvalue weighted by Gasteiger charge is -2.23. The Hall–Kier alpha value is -3.23. The molecule has 0 saturated carbocycles. The van der Waals surface area contributed by atoms with Crippen LogP contribution in [0.15, 0.2) is 77.7 Å². The van der Waals surface area contributed by atoms with E-state index < -0.39 is 21.9 Å². The quantitative estimate of drug-likeness (QED) is 0.559. The van der Waals surface area contributed by atoms with Gasteiger partial charge >= 0.3 is 0 Å². The maximum atomic E-state index is 13.2. The molecule has 0 aliphatic carbocycles. The summed E-state index contributed by atoms with van der Waals surface area (Å²) in [6.07, 6.45) is 1.03. The second kappa shape index (κ2) is 9.10. The molecule has 0 bridgehead atoms. The minimum Gasteiger partial charge on any atom is -0.399 e. The average Bonchev–Trinajstić information content (AvgIpc) is 3.30. The number of benzene rings is 3. The first-order chi connectivity index (χ1) is 15.3. The molecule has 1 amide bonds. The topological polar surface area (TPSA) is 92.5 Å². The fourth-order valence-electron chi connectivity index (χ4n) is 3.88. The number of amides is 1. The van der Waals surface area contributed by atoms with E-state index in [0.717, 1.165) is 28.8 Å². The smallest absolute Gasteiger partial charge is 0.243 e. The van der Waals surface area contributed by atoms with Crippen LogP contribution in [0.4, 0.5) is 10.1 Å². The van der Waals surface area contributed by atoms with E-state index >= 15 is 0 Å².